The number of nitrogens with zero attached hydrogens (tertiary/aromatic N) is 12. The molecule has 6 fully saturated rings. The molecule has 6 saturated heterocycles. The van der Waals surface area contributed by atoms with E-state index in [0.717, 1.165) is 153 Å². The monoisotopic (exact) mass is 1790 g/mol. The molecule has 12 aromatic rings. The van der Waals surface area contributed by atoms with Crippen molar-refractivity contribution >= 4 is 195 Å². The Balaban J connectivity index is 0.000000128. The molecule has 41 heteroatoms. The quantitative estimate of drug-likeness (QED) is 0.0540. The Morgan fingerprint density at radius 2 is 0.602 bits per heavy atom. The van der Waals surface area contributed by atoms with Gasteiger partial charge < -0.3 is 63.8 Å². The molecular formula is C82H106N24O11S6. The summed E-state index contributed by atoms with van der Waals surface area (Å²) in [6.45, 7) is 20.8. The Labute approximate surface area is 729 Å². The lowest BCUT2D eigenvalue weighted by Gasteiger charge is -2.40. The number of hydrogen-bond acceptors (Lipinski definition) is 30. The van der Waals surface area contributed by atoms with E-state index in [-0.39, 0.29) is 98.6 Å². The van der Waals surface area contributed by atoms with Crippen molar-refractivity contribution in [2.24, 2.45) is 23.7 Å². The molecular weight excluding hydrogens is 1690 g/mol. The number of amides is 5. The molecule has 18 heterocycles. The first kappa shape index (κ1) is 89.9. The number of aromatic amines is 6. The lowest BCUT2D eigenvalue weighted by atomic mass is 9.91. The average Bonchev–Trinajstić information content (AvgIpc) is 1.67. The van der Waals surface area contributed by atoms with Crippen LogP contribution in [0.4, 0.5) is 35.7 Å². The topological polar surface area (TPSA) is 535 Å². The maximum Gasteiger partial charge on any atom is 0.270 e. The number of unbranched alkanes of at least 4 members (excludes halogenated alkanes) is 1. The summed E-state index contributed by atoms with van der Waals surface area (Å²) in [7, 11) is 0. The Kier molecular flexibility index (Phi) is 29.7. The van der Waals surface area contributed by atoms with E-state index >= 15 is 0 Å². The lowest BCUT2D eigenvalue weighted by molar-refractivity contribution is 0.0590. The molecule has 0 saturated carbocycles. The van der Waals surface area contributed by atoms with Gasteiger partial charge in [0, 0.05) is 98.4 Å². The number of carbonyl (C=O) groups excluding carboxylic acids is 5. The lowest BCUT2D eigenvalue weighted by Crippen LogP contribution is -2.48. The van der Waals surface area contributed by atoms with Crippen molar-refractivity contribution in [3.05, 3.63) is 128 Å². The van der Waals surface area contributed by atoms with Crippen LogP contribution >= 0.6 is 68.0 Å². The smallest absolute Gasteiger partial charge is 0.270 e. The molecule has 0 atom stereocenters. The highest BCUT2D eigenvalue weighted by Crippen LogP contribution is 2.34. The first-order valence-electron chi connectivity index (χ1n) is 42.0. The van der Waals surface area contributed by atoms with Crippen LogP contribution in [0.2, 0.25) is 0 Å². The molecule has 18 N–H and O–H groups in total. The third kappa shape index (κ3) is 21.2. The van der Waals surface area contributed by atoms with Crippen LogP contribution in [0.25, 0.3) is 61.3 Å². The minimum atomic E-state index is -0.288. The molecule has 656 valence electrons. The van der Waals surface area contributed by atoms with Gasteiger partial charge in [-0.1, -0.05) is 72.6 Å². The predicted molar refractivity (Wildman–Crippen MR) is 492 cm³/mol. The normalized spacial score (nSPS) is 16.6. The number of likely N-dealkylation sites (tertiary alicyclic amines) is 6. The third-order valence-electron chi connectivity index (χ3n) is 23.7. The van der Waals surface area contributed by atoms with E-state index in [2.05, 4.69) is 92.4 Å². The second-order valence-electron chi connectivity index (χ2n) is 32.1. The number of rotatable bonds is 12. The van der Waals surface area contributed by atoms with Gasteiger partial charge in [0.2, 0.25) is 35.7 Å². The maximum absolute atomic E-state index is 12.9. The van der Waals surface area contributed by atoms with Gasteiger partial charge in [-0.15, -0.1) is 68.0 Å². The Morgan fingerprint density at radius 1 is 0.341 bits per heavy atom. The number of nitrogens with one attached hydrogen (secondary N) is 6. The van der Waals surface area contributed by atoms with Crippen LogP contribution in [0.1, 0.15) is 207 Å². The summed E-state index contributed by atoms with van der Waals surface area (Å²) in [5.74, 6) is 3.02. The number of aryl methyl sites for hydroxylation is 1. The molecule has 0 unspecified atom stereocenters. The van der Waals surface area contributed by atoms with E-state index in [0.29, 0.717) is 107 Å². The zero-order chi connectivity index (χ0) is 87.4. The summed E-state index contributed by atoms with van der Waals surface area (Å²) in [4.78, 5) is 185. The Hall–Kier alpha value is -10.8. The highest BCUT2D eigenvalue weighted by Gasteiger charge is 2.34. The van der Waals surface area contributed by atoms with Crippen molar-refractivity contribution in [1.82, 2.24) is 89.2 Å². The van der Waals surface area contributed by atoms with Gasteiger partial charge in [0.1, 0.15) is 55.8 Å². The minimum absolute atomic E-state index is 0.0392. The fraction of sp³-hybridized carbons (Fsp3) is 0.500. The molecule has 12 aromatic heterocycles. The number of piperidine rings is 6. The molecule has 0 aliphatic carbocycles. The zero-order valence-corrected chi connectivity index (χ0v) is 74.4. The number of aromatic nitrogens is 12. The van der Waals surface area contributed by atoms with Crippen LogP contribution < -0.4 is 67.8 Å². The maximum atomic E-state index is 12.9. The fourth-order valence-corrected chi connectivity index (χ4v) is 21.9. The largest absolute Gasteiger partial charge is 0.369 e. The molecule has 18 rings (SSSR count). The molecule has 6 aliphatic rings. The fourth-order valence-electron chi connectivity index (χ4n) is 16.6. The number of fused-ring (bicyclic) bond motifs is 6. The van der Waals surface area contributed by atoms with Crippen LogP contribution in [0, 0.1) is 30.6 Å². The number of anilines is 6. The van der Waals surface area contributed by atoms with Crippen LogP contribution in [0.3, 0.4) is 0 Å². The highest BCUT2D eigenvalue weighted by atomic mass is 32.1. The number of thiophene rings is 6. The van der Waals surface area contributed by atoms with Crippen molar-refractivity contribution in [2.75, 3.05) is 113 Å². The van der Waals surface area contributed by atoms with Gasteiger partial charge in [-0.05, 0) is 132 Å². The summed E-state index contributed by atoms with van der Waals surface area (Å²) >= 11 is 7.59. The number of nitrogens with two attached hydrogens (primary N) is 6. The van der Waals surface area contributed by atoms with E-state index in [1.54, 1.807) is 26.9 Å². The molecule has 123 heavy (non-hydrogen) atoms. The summed E-state index contributed by atoms with van der Waals surface area (Å²) in [5.41, 5.74) is 38.1. The van der Waals surface area contributed by atoms with Crippen molar-refractivity contribution in [1.29, 1.82) is 0 Å². The highest BCUT2D eigenvalue weighted by molar-refractivity contribution is 7.19. The van der Waals surface area contributed by atoms with E-state index in [9.17, 15) is 52.7 Å². The van der Waals surface area contributed by atoms with Crippen molar-refractivity contribution in [3.63, 3.8) is 0 Å². The summed E-state index contributed by atoms with van der Waals surface area (Å²) in [6.07, 6.45) is 21.6. The molecule has 0 bridgehead atoms. The first-order valence-corrected chi connectivity index (χ1v) is 47.2. The van der Waals surface area contributed by atoms with Crippen molar-refractivity contribution in [3.8, 4) is 0 Å². The van der Waals surface area contributed by atoms with E-state index in [4.69, 9.17) is 34.4 Å². The first-order chi connectivity index (χ1) is 59.2. The SMILES string of the molecule is CC1CCN(C(=O)c2csc3c(=O)[nH]c(N)nc23)CC1.CCC1CCN(C(=O)c2csc3c(=O)[nH]c(N)nc23)CC1.CCCC1CCN(C(=O)c2csc3c(=O)[nH]c(N)nc23)CC1.CCCCC1CCN(C(=O)c2csc3c(=O)[nH]c(N)nc23)CC1.Cc1csc2c(=O)[nH]c(N)nc12.Nc1nc2c(C(=O)N3CCC(N4CCCCC4)CC3)csc2c(=O)[nH]1. The Bertz CT molecular complexity index is 6160. The summed E-state index contributed by atoms with van der Waals surface area (Å²) in [6, 6.07) is 0.597. The average molecular weight is 1800 g/mol. The van der Waals surface area contributed by atoms with E-state index in [1.807, 2.05) is 36.8 Å². The van der Waals surface area contributed by atoms with Gasteiger partial charge >= 0.3 is 0 Å². The number of H-pyrrole nitrogens is 6. The standard InChI is InChI=1S/C17H23N5O2S.C16H22N4O2S.C15H20N4O2S.C14H18N4O2S.C13H16N4O2S.C7H7N3OS/c18-17-19-13-12(10-25-14(13)15(23)20-17)16(24)22-8-4-11(5-9-22)21-6-2-1-3-7-21;1-2-3-4-10-5-7-20(8-6-10)15(22)11-9-23-13-12(11)18-16(17)19-14(13)21;1-2-3-9-4-6-19(7-5-9)14(21)10-8-22-12-11(10)17-15(16)18-13(12)20;1-2-8-3-5-18(6-4-8)13(20)9-7-21-11-10(9)16-14(15)17-12(11)19;1-7-2-4-17(5-3-7)12(19)8-6-20-10-9(8)15-13(14)16-11(10)18;1-3-2-12-5-4(3)9-7(8)10-6(5)11/h10-11H,1-9H2,(H3,18,19,20,23);9-10H,2-8H2,1H3,(H3,17,18,19,21);8-9H,2-7H2,1H3,(H3,16,17,18,20);7-8H,2-6H2,1H3,(H3,15,16,17,19);6-7H,2-5H2,1H3,(H3,14,15,16,18);2H,1H3,(H3,8,9,10,11). The van der Waals surface area contributed by atoms with Crippen LogP contribution in [0.15, 0.2) is 61.0 Å². The van der Waals surface area contributed by atoms with Gasteiger partial charge in [0.25, 0.3) is 62.9 Å². The third-order valence-corrected chi connectivity index (χ3v) is 29.6. The molecule has 0 radical (unpaired) electrons. The van der Waals surface area contributed by atoms with Gasteiger partial charge in [-0.3, -0.25) is 82.6 Å². The van der Waals surface area contributed by atoms with Crippen LogP contribution in [-0.4, -0.2) is 203 Å². The molecule has 35 nitrogen and oxygen atoms in total. The summed E-state index contributed by atoms with van der Waals surface area (Å²) < 4.78 is 2.92. The Morgan fingerprint density at radius 3 is 0.894 bits per heavy atom. The number of carbonyl (C=O) groups is 5. The molecule has 5 amide bonds. The van der Waals surface area contributed by atoms with E-state index in [1.165, 1.54) is 132 Å². The molecule has 0 aromatic carbocycles. The predicted octanol–water partition coefficient (Wildman–Crippen LogP) is 10.6. The van der Waals surface area contributed by atoms with Gasteiger partial charge in [-0.25, -0.2) is 29.9 Å². The van der Waals surface area contributed by atoms with Crippen LogP contribution in [-0.2, 0) is 0 Å². The number of nitrogen functional groups attached to an aromatic ring is 6. The van der Waals surface area contributed by atoms with Gasteiger partial charge in [-0.2, -0.15) is 0 Å². The molecule has 6 aliphatic heterocycles. The van der Waals surface area contributed by atoms with Crippen LogP contribution in [0.5, 0.6) is 0 Å². The second-order valence-corrected chi connectivity index (χ2v) is 37.4. The van der Waals surface area contributed by atoms with E-state index < -0.39 is 0 Å². The zero-order valence-electron chi connectivity index (χ0n) is 69.5. The van der Waals surface area contributed by atoms with Crippen molar-refractivity contribution in [2.45, 2.75) is 163 Å². The number of hydrogen-bond donors (Lipinski definition) is 12. The van der Waals surface area contributed by atoms with Gasteiger partial charge in [0.05, 0.1) is 33.3 Å². The van der Waals surface area contributed by atoms with Gasteiger partial charge in [0.15, 0.2) is 0 Å². The van der Waals surface area contributed by atoms with Crippen molar-refractivity contribution < 1.29 is 24.0 Å². The second kappa shape index (κ2) is 40.6. The minimum Gasteiger partial charge on any atom is -0.369 e. The molecule has 0 spiro atoms. The summed E-state index contributed by atoms with van der Waals surface area (Å²) in [5, 5.41) is 10.5.